The average molecular weight is 496 g/mol. The Morgan fingerprint density at radius 1 is 1.11 bits per heavy atom. The molecule has 0 saturated heterocycles. The lowest BCUT2D eigenvalue weighted by molar-refractivity contribution is -0.171. The molecule has 7 nitrogen and oxygen atoms in total. The van der Waals surface area contributed by atoms with Gasteiger partial charge in [-0.1, -0.05) is 48.2 Å². The number of nitrogens with zero attached hydrogens (tertiary/aromatic N) is 3. The molecule has 6 rings (SSSR count). The fraction of sp³-hybridized carbons (Fsp3) is 0.367. The number of esters is 1. The Hall–Kier alpha value is -3.73. The van der Waals surface area contributed by atoms with Crippen LogP contribution in [-0.4, -0.2) is 51.7 Å². The van der Waals surface area contributed by atoms with Crippen molar-refractivity contribution in [3.8, 4) is 23.3 Å². The van der Waals surface area contributed by atoms with E-state index in [0.29, 0.717) is 34.6 Å². The summed E-state index contributed by atoms with van der Waals surface area (Å²) in [5, 5.41) is 11.9. The van der Waals surface area contributed by atoms with Crippen LogP contribution in [0.2, 0.25) is 0 Å². The second-order valence-electron chi connectivity index (χ2n) is 10.1. The van der Waals surface area contributed by atoms with E-state index in [1.165, 1.54) is 6.33 Å². The first-order chi connectivity index (χ1) is 18.1. The van der Waals surface area contributed by atoms with E-state index in [1.54, 1.807) is 48.8 Å². The van der Waals surface area contributed by atoms with E-state index < -0.39 is 11.6 Å². The van der Waals surface area contributed by atoms with Crippen molar-refractivity contribution in [3.63, 3.8) is 0 Å². The van der Waals surface area contributed by atoms with Gasteiger partial charge in [0.25, 0.3) is 0 Å². The third-order valence-corrected chi connectivity index (χ3v) is 8.02. The van der Waals surface area contributed by atoms with Gasteiger partial charge < -0.3 is 19.5 Å². The highest BCUT2D eigenvalue weighted by Gasteiger charge is 2.54. The van der Waals surface area contributed by atoms with Crippen LogP contribution in [0.5, 0.6) is 11.5 Å². The molecule has 3 aromatic rings. The number of hydrogen-bond acceptors (Lipinski definition) is 7. The second kappa shape index (κ2) is 9.62. The van der Waals surface area contributed by atoms with Gasteiger partial charge in [-0.25, -0.2) is 14.8 Å². The number of hydrogen-bond donors (Lipinski definition) is 1. The van der Waals surface area contributed by atoms with Gasteiger partial charge in [0.2, 0.25) is 5.60 Å². The molecule has 2 fully saturated rings. The molecular formula is C30H29N3O4. The van der Waals surface area contributed by atoms with Gasteiger partial charge in [0.05, 0.1) is 5.56 Å². The molecule has 2 aliphatic carbocycles. The number of carbonyl (C=O) groups is 1. The number of para-hydroxylation sites is 2. The second-order valence-corrected chi connectivity index (χ2v) is 10.1. The van der Waals surface area contributed by atoms with E-state index in [0.717, 1.165) is 37.8 Å². The van der Waals surface area contributed by atoms with Crippen molar-refractivity contribution < 1.29 is 19.4 Å². The van der Waals surface area contributed by atoms with Crippen molar-refractivity contribution in [2.75, 3.05) is 13.6 Å². The summed E-state index contributed by atoms with van der Waals surface area (Å²) >= 11 is 0. The quantitative estimate of drug-likeness (QED) is 0.424. The zero-order chi connectivity index (χ0) is 25.4. The summed E-state index contributed by atoms with van der Waals surface area (Å²) in [7, 11) is 2.13. The van der Waals surface area contributed by atoms with Gasteiger partial charge in [0.15, 0.2) is 0 Å². The predicted molar refractivity (Wildman–Crippen MR) is 137 cm³/mol. The topological polar surface area (TPSA) is 84.8 Å². The Bertz CT molecular complexity index is 1320. The fourth-order valence-corrected chi connectivity index (χ4v) is 6.38. The third kappa shape index (κ3) is 4.16. The summed E-state index contributed by atoms with van der Waals surface area (Å²) in [5.74, 6) is 7.33. The number of benzene rings is 2. The van der Waals surface area contributed by atoms with Gasteiger partial charge in [0.1, 0.15) is 23.9 Å². The van der Waals surface area contributed by atoms with Gasteiger partial charge in [-0.2, -0.15) is 0 Å². The Labute approximate surface area is 216 Å². The molecule has 2 heterocycles. The Kier molecular flexibility index (Phi) is 6.15. The van der Waals surface area contributed by atoms with E-state index in [1.807, 2.05) is 12.1 Å². The fourth-order valence-electron chi connectivity index (χ4n) is 6.38. The van der Waals surface area contributed by atoms with Crippen LogP contribution < -0.4 is 4.74 Å². The number of ether oxygens (including phenoxy) is 2. The molecule has 1 N–H and O–H groups in total. The minimum atomic E-state index is -1.91. The average Bonchev–Trinajstić information content (AvgIpc) is 3.50. The highest BCUT2D eigenvalue weighted by atomic mass is 16.6. The molecule has 2 saturated carbocycles. The molecular weight excluding hydrogens is 466 g/mol. The summed E-state index contributed by atoms with van der Waals surface area (Å²) in [6, 6.07) is 14.6. The lowest BCUT2D eigenvalue weighted by Gasteiger charge is -2.35. The summed E-state index contributed by atoms with van der Waals surface area (Å²) < 4.78 is 12.1. The van der Waals surface area contributed by atoms with Crippen molar-refractivity contribution in [2.24, 2.45) is 11.8 Å². The molecule has 0 spiro atoms. The minimum Gasteiger partial charge on any atom is -0.459 e. The number of fused-ring (bicyclic) bond motifs is 4. The van der Waals surface area contributed by atoms with E-state index >= 15 is 0 Å². The van der Waals surface area contributed by atoms with Crippen LogP contribution >= 0.6 is 0 Å². The number of aromatic nitrogens is 2. The van der Waals surface area contributed by atoms with E-state index in [4.69, 9.17) is 9.47 Å². The van der Waals surface area contributed by atoms with Crippen LogP contribution in [0.15, 0.2) is 67.3 Å². The van der Waals surface area contributed by atoms with Crippen molar-refractivity contribution in [3.05, 3.63) is 83.9 Å². The van der Waals surface area contributed by atoms with Gasteiger partial charge >= 0.3 is 5.97 Å². The number of aliphatic hydroxyl groups is 1. The standard InChI is InChI=1S/C30H29N3O4/c1-33(15-7-6-8-20-17-31-19-32-18-20)28-21-13-14-22(28)27(16-21)37-29(34)30(35)23-9-2-4-11-25(23)36-26-12-5-3-10-24(26)30/h2-5,9-12,17-19,21-22,27-28,35H,7,13-16H2,1H3/t21?,22-,27+,28?/m0/s1. The molecule has 37 heavy (non-hydrogen) atoms. The Balaban J connectivity index is 1.16. The monoisotopic (exact) mass is 495 g/mol. The zero-order valence-electron chi connectivity index (χ0n) is 20.7. The molecule has 7 heteroatoms. The SMILES string of the molecule is CN(CCC#Cc1cncnc1)C1C2CC[C@H]1[C@H](OC(=O)C1(O)c3ccccc3Oc3ccccc31)C2. The summed E-state index contributed by atoms with van der Waals surface area (Å²) in [6.07, 6.45) is 8.39. The largest absolute Gasteiger partial charge is 0.459 e. The maximum atomic E-state index is 13.7. The van der Waals surface area contributed by atoms with Gasteiger partial charge in [-0.15, -0.1) is 0 Å². The van der Waals surface area contributed by atoms with Crippen molar-refractivity contribution in [2.45, 2.75) is 43.4 Å². The minimum absolute atomic E-state index is 0.225. The number of carbonyl (C=O) groups excluding carboxylic acids is 1. The highest BCUT2D eigenvalue weighted by molar-refractivity contribution is 5.88. The first kappa shape index (κ1) is 23.7. The predicted octanol–water partition coefficient (Wildman–Crippen LogP) is 3.90. The van der Waals surface area contributed by atoms with Crippen LogP contribution in [0.1, 0.15) is 42.4 Å². The van der Waals surface area contributed by atoms with Crippen molar-refractivity contribution >= 4 is 5.97 Å². The Morgan fingerprint density at radius 2 is 1.78 bits per heavy atom. The zero-order valence-corrected chi connectivity index (χ0v) is 20.7. The summed E-state index contributed by atoms with van der Waals surface area (Å²) in [6.45, 7) is 0.834. The van der Waals surface area contributed by atoms with E-state index in [9.17, 15) is 9.90 Å². The van der Waals surface area contributed by atoms with Crippen LogP contribution in [0.4, 0.5) is 0 Å². The molecule has 3 aliphatic rings. The number of rotatable bonds is 5. The molecule has 2 bridgehead atoms. The Morgan fingerprint density at radius 3 is 2.49 bits per heavy atom. The highest BCUT2D eigenvalue weighted by Crippen LogP contribution is 2.51. The van der Waals surface area contributed by atoms with Crippen molar-refractivity contribution in [1.82, 2.24) is 14.9 Å². The third-order valence-electron chi connectivity index (χ3n) is 8.02. The van der Waals surface area contributed by atoms with Crippen LogP contribution in [0.25, 0.3) is 0 Å². The molecule has 0 amide bonds. The van der Waals surface area contributed by atoms with Gasteiger partial charge in [-0.05, 0) is 44.4 Å². The summed E-state index contributed by atoms with van der Waals surface area (Å²) in [4.78, 5) is 24.1. The van der Waals surface area contributed by atoms with E-state index in [2.05, 4.69) is 33.8 Å². The smallest absolute Gasteiger partial charge is 0.348 e. The lowest BCUT2D eigenvalue weighted by Crippen LogP contribution is -2.44. The molecule has 188 valence electrons. The van der Waals surface area contributed by atoms with Gasteiger partial charge in [0, 0.05) is 48.4 Å². The van der Waals surface area contributed by atoms with Crippen LogP contribution in [0.3, 0.4) is 0 Å². The van der Waals surface area contributed by atoms with Crippen LogP contribution in [-0.2, 0) is 15.1 Å². The molecule has 0 radical (unpaired) electrons. The molecule has 4 atom stereocenters. The normalized spacial score (nSPS) is 24.4. The summed E-state index contributed by atoms with van der Waals surface area (Å²) in [5.41, 5.74) is -0.270. The first-order valence-electron chi connectivity index (χ1n) is 12.8. The molecule has 1 aromatic heterocycles. The molecule has 2 aromatic carbocycles. The maximum Gasteiger partial charge on any atom is 0.348 e. The molecule has 2 unspecified atom stereocenters. The van der Waals surface area contributed by atoms with Crippen LogP contribution in [0, 0.1) is 23.7 Å². The first-order valence-corrected chi connectivity index (χ1v) is 12.8. The lowest BCUT2D eigenvalue weighted by atomic mass is 9.83. The van der Waals surface area contributed by atoms with Crippen molar-refractivity contribution in [1.29, 1.82) is 0 Å². The van der Waals surface area contributed by atoms with E-state index in [-0.39, 0.29) is 12.0 Å². The molecule has 1 aliphatic heterocycles. The maximum absolute atomic E-state index is 13.7. The van der Waals surface area contributed by atoms with Gasteiger partial charge in [-0.3, -0.25) is 0 Å².